The van der Waals surface area contributed by atoms with Crippen molar-refractivity contribution in [2.24, 2.45) is 5.73 Å². The van der Waals surface area contributed by atoms with E-state index in [1.54, 1.807) is 18.2 Å². The molecule has 0 unspecified atom stereocenters. The second-order valence-electron chi connectivity index (χ2n) is 3.81. The van der Waals surface area contributed by atoms with E-state index in [4.69, 9.17) is 10.5 Å². The van der Waals surface area contributed by atoms with Gasteiger partial charge in [0, 0.05) is 23.9 Å². The molecule has 3 N–H and O–H groups in total. The van der Waals surface area contributed by atoms with Crippen LogP contribution in [0.15, 0.2) is 24.3 Å². The highest BCUT2D eigenvalue weighted by Crippen LogP contribution is 2.14. The van der Waals surface area contributed by atoms with Crippen LogP contribution in [0.4, 0.5) is 4.39 Å². The monoisotopic (exact) mass is 235 g/mol. The lowest BCUT2D eigenvalue weighted by atomic mass is 10.1. The SMILES string of the molecule is Cc1cc(OCc2cc(CN)ccc2F)n[nH]1. The molecule has 1 aromatic carbocycles. The zero-order chi connectivity index (χ0) is 12.3. The molecule has 0 radical (unpaired) electrons. The van der Waals surface area contributed by atoms with Crippen LogP contribution in [0, 0.1) is 12.7 Å². The van der Waals surface area contributed by atoms with Gasteiger partial charge in [-0.2, -0.15) is 0 Å². The van der Waals surface area contributed by atoms with Crippen molar-refractivity contribution < 1.29 is 9.13 Å². The number of aromatic nitrogens is 2. The van der Waals surface area contributed by atoms with Gasteiger partial charge in [0.2, 0.25) is 5.88 Å². The van der Waals surface area contributed by atoms with E-state index in [0.29, 0.717) is 18.0 Å². The highest BCUT2D eigenvalue weighted by molar-refractivity contribution is 5.25. The fourth-order valence-corrected chi connectivity index (χ4v) is 1.48. The Bertz CT molecular complexity index is 510. The Morgan fingerprint density at radius 2 is 2.24 bits per heavy atom. The maximum atomic E-state index is 13.5. The quantitative estimate of drug-likeness (QED) is 0.850. The Morgan fingerprint density at radius 3 is 2.88 bits per heavy atom. The Kier molecular flexibility index (Phi) is 3.39. The van der Waals surface area contributed by atoms with Gasteiger partial charge in [0.1, 0.15) is 12.4 Å². The van der Waals surface area contributed by atoms with E-state index in [0.717, 1.165) is 11.3 Å². The third-order valence-corrected chi connectivity index (χ3v) is 2.40. The zero-order valence-electron chi connectivity index (χ0n) is 9.53. The number of rotatable bonds is 4. The number of nitrogens with zero attached hydrogens (tertiary/aromatic N) is 1. The minimum absolute atomic E-state index is 0.143. The van der Waals surface area contributed by atoms with Gasteiger partial charge >= 0.3 is 0 Å². The summed E-state index contributed by atoms with van der Waals surface area (Å²) in [5.74, 6) is 0.162. The number of aryl methyl sites for hydroxylation is 1. The normalized spacial score (nSPS) is 10.5. The summed E-state index contributed by atoms with van der Waals surface area (Å²) in [6.45, 7) is 2.40. The number of H-pyrrole nitrogens is 1. The van der Waals surface area contributed by atoms with Crippen LogP contribution >= 0.6 is 0 Å². The highest BCUT2D eigenvalue weighted by atomic mass is 19.1. The number of halogens is 1. The van der Waals surface area contributed by atoms with E-state index >= 15 is 0 Å². The molecule has 0 bridgehead atoms. The lowest BCUT2D eigenvalue weighted by Gasteiger charge is -2.06. The molecule has 90 valence electrons. The van der Waals surface area contributed by atoms with E-state index in [1.165, 1.54) is 6.07 Å². The largest absolute Gasteiger partial charge is 0.472 e. The molecular weight excluding hydrogens is 221 g/mol. The van der Waals surface area contributed by atoms with Crippen molar-refractivity contribution in [2.75, 3.05) is 0 Å². The fraction of sp³-hybridized carbons (Fsp3) is 0.250. The van der Waals surface area contributed by atoms with Crippen molar-refractivity contribution in [3.05, 3.63) is 46.9 Å². The summed E-state index contributed by atoms with van der Waals surface area (Å²) < 4.78 is 18.8. The van der Waals surface area contributed by atoms with Crippen molar-refractivity contribution >= 4 is 0 Å². The smallest absolute Gasteiger partial charge is 0.233 e. The molecule has 0 saturated heterocycles. The van der Waals surface area contributed by atoms with Gasteiger partial charge in [-0.15, -0.1) is 5.10 Å². The number of ether oxygens (including phenoxy) is 1. The Hall–Kier alpha value is -1.88. The number of nitrogens with one attached hydrogen (secondary N) is 1. The summed E-state index contributed by atoms with van der Waals surface area (Å²) in [5, 5.41) is 6.66. The van der Waals surface area contributed by atoms with Crippen molar-refractivity contribution in [1.82, 2.24) is 10.2 Å². The van der Waals surface area contributed by atoms with Crippen LogP contribution < -0.4 is 10.5 Å². The summed E-state index contributed by atoms with van der Waals surface area (Å²) >= 11 is 0. The predicted octanol–water partition coefficient (Wildman–Crippen LogP) is 1.89. The first kappa shape index (κ1) is 11.6. The maximum Gasteiger partial charge on any atom is 0.233 e. The van der Waals surface area contributed by atoms with E-state index in [2.05, 4.69) is 10.2 Å². The number of aromatic amines is 1. The van der Waals surface area contributed by atoms with Crippen LogP contribution in [0.3, 0.4) is 0 Å². The molecule has 5 heteroatoms. The van der Waals surface area contributed by atoms with Crippen LogP contribution in [-0.4, -0.2) is 10.2 Å². The number of benzene rings is 1. The lowest BCUT2D eigenvalue weighted by molar-refractivity contribution is 0.287. The average molecular weight is 235 g/mol. The summed E-state index contributed by atoms with van der Waals surface area (Å²) in [5.41, 5.74) is 7.76. The average Bonchev–Trinajstić information content (AvgIpc) is 2.74. The molecule has 1 heterocycles. The Balaban J connectivity index is 2.07. The van der Waals surface area contributed by atoms with Crippen LogP contribution in [0.1, 0.15) is 16.8 Å². The van der Waals surface area contributed by atoms with Crippen molar-refractivity contribution in [1.29, 1.82) is 0 Å². The molecule has 0 aliphatic carbocycles. The second-order valence-corrected chi connectivity index (χ2v) is 3.81. The van der Waals surface area contributed by atoms with Gasteiger partial charge in [0.25, 0.3) is 0 Å². The molecule has 17 heavy (non-hydrogen) atoms. The first-order chi connectivity index (χ1) is 8.19. The highest BCUT2D eigenvalue weighted by Gasteiger charge is 2.05. The molecule has 0 amide bonds. The molecular formula is C12H14FN3O. The first-order valence-corrected chi connectivity index (χ1v) is 5.31. The molecule has 0 aliphatic rings. The van der Waals surface area contributed by atoms with Crippen LogP contribution in [0.2, 0.25) is 0 Å². The maximum absolute atomic E-state index is 13.5. The molecule has 4 nitrogen and oxygen atoms in total. The summed E-state index contributed by atoms with van der Waals surface area (Å²) in [4.78, 5) is 0. The standard InChI is InChI=1S/C12H14FN3O/c1-8-4-12(16-15-8)17-7-10-5-9(6-14)2-3-11(10)13/h2-5H,6-7,14H2,1H3,(H,15,16). The third-order valence-electron chi connectivity index (χ3n) is 2.40. The Morgan fingerprint density at radius 1 is 1.41 bits per heavy atom. The number of hydrogen-bond donors (Lipinski definition) is 2. The zero-order valence-corrected chi connectivity index (χ0v) is 9.53. The molecule has 0 aliphatic heterocycles. The number of nitrogens with two attached hydrogens (primary N) is 1. The van der Waals surface area contributed by atoms with Gasteiger partial charge in [-0.05, 0) is 24.6 Å². The number of hydrogen-bond acceptors (Lipinski definition) is 3. The minimum atomic E-state index is -0.297. The van der Waals surface area contributed by atoms with Gasteiger partial charge in [-0.1, -0.05) is 6.07 Å². The van der Waals surface area contributed by atoms with Crippen molar-refractivity contribution in [2.45, 2.75) is 20.1 Å². The molecule has 0 atom stereocenters. The second kappa shape index (κ2) is 4.97. The van der Waals surface area contributed by atoms with Crippen molar-refractivity contribution in [3.63, 3.8) is 0 Å². The van der Waals surface area contributed by atoms with E-state index in [9.17, 15) is 4.39 Å². The topological polar surface area (TPSA) is 63.9 Å². The Labute approximate surface area is 98.6 Å². The van der Waals surface area contributed by atoms with E-state index < -0.39 is 0 Å². The lowest BCUT2D eigenvalue weighted by Crippen LogP contribution is -2.02. The van der Waals surface area contributed by atoms with Gasteiger partial charge < -0.3 is 10.5 Å². The summed E-state index contributed by atoms with van der Waals surface area (Å²) in [6.07, 6.45) is 0. The van der Waals surface area contributed by atoms with Gasteiger partial charge in [0.05, 0.1) is 0 Å². The third kappa shape index (κ3) is 2.82. The first-order valence-electron chi connectivity index (χ1n) is 5.31. The van der Waals surface area contributed by atoms with Gasteiger partial charge in [0.15, 0.2) is 0 Å². The van der Waals surface area contributed by atoms with E-state index in [1.807, 2.05) is 6.92 Å². The molecule has 0 fully saturated rings. The van der Waals surface area contributed by atoms with Gasteiger partial charge in [-0.3, -0.25) is 5.10 Å². The van der Waals surface area contributed by atoms with Crippen LogP contribution in [0.25, 0.3) is 0 Å². The van der Waals surface area contributed by atoms with Crippen molar-refractivity contribution in [3.8, 4) is 5.88 Å². The van der Waals surface area contributed by atoms with Crippen LogP contribution in [-0.2, 0) is 13.2 Å². The van der Waals surface area contributed by atoms with E-state index in [-0.39, 0.29) is 12.4 Å². The molecule has 0 spiro atoms. The molecule has 2 aromatic rings. The minimum Gasteiger partial charge on any atom is -0.472 e. The molecule has 0 saturated carbocycles. The molecule has 1 aromatic heterocycles. The van der Waals surface area contributed by atoms with Gasteiger partial charge in [-0.25, -0.2) is 4.39 Å². The molecule has 2 rings (SSSR count). The summed E-state index contributed by atoms with van der Waals surface area (Å²) in [6, 6.07) is 6.52. The predicted molar refractivity (Wildman–Crippen MR) is 61.9 cm³/mol. The fourth-order valence-electron chi connectivity index (χ4n) is 1.48. The van der Waals surface area contributed by atoms with Crippen LogP contribution in [0.5, 0.6) is 5.88 Å². The summed E-state index contributed by atoms with van der Waals surface area (Å²) in [7, 11) is 0.